The summed E-state index contributed by atoms with van der Waals surface area (Å²) in [6, 6.07) is 7.44. The van der Waals surface area contributed by atoms with Gasteiger partial charge in [-0.1, -0.05) is 6.07 Å². The summed E-state index contributed by atoms with van der Waals surface area (Å²) in [6.07, 6.45) is -0.134. The topological polar surface area (TPSA) is 92.6 Å². The third kappa shape index (κ3) is 3.76. The van der Waals surface area contributed by atoms with E-state index in [1.807, 2.05) is 0 Å². The third-order valence-corrected chi connectivity index (χ3v) is 4.32. The molecule has 9 heteroatoms. The molecule has 1 unspecified atom stereocenters. The van der Waals surface area contributed by atoms with Gasteiger partial charge in [-0.3, -0.25) is 19.7 Å². The minimum absolute atomic E-state index is 0.00826. The van der Waals surface area contributed by atoms with Crippen LogP contribution in [0.5, 0.6) is 0 Å². The fraction of sp³-hybridized carbons (Fsp3) is 0.222. The summed E-state index contributed by atoms with van der Waals surface area (Å²) >= 11 is 0. The summed E-state index contributed by atoms with van der Waals surface area (Å²) in [4.78, 5) is 35.8. The molecule has 1 aliphatic heterocycles. The number of rotatable bonds is 4. The number of anilines is 2. The van der Waals surface area contributed by atoms with Gasteiger partial charge in [0.1, 0.15) is 5.82 Å². The molecule has 0 radical (unpaired) electrons. The van der Waals surface area contributed by atoms with Crippen LogP contribution >= 0.6 is 0 Å². The van der Waals surface area contributed by atoms with Gasteiger partial charge in [-0.05, 0) is 36.8 Å². The lowest BCUT2D eigenvalue weighted by Crippen LogP contribution is -2.28. The lowest BCUT2D eigenvalue weighted by atomic mass is 10.1. The van der Waals surface area contributed by atoms with E-state index >= 15 is 0 Å². The van der Waals surface area contributed by atoms with Crippen molar-refractivity contribution in [2.45, 2.75) is 13.3 Å². The second-order valence-corrected chi connectivity index (χ2v) is 6.27. The van der Waals surface area contributed by atoms with Gasteiger partial charge in [-0.25, -0.2) is 4.39 Å². The van der Waals surface area contributed by atoms with Gasteiger partial charge in [0.2, 0.25) is 17.6 Å². The number of nitrogens with zero attached hydrogens (tertiary/aromatic N) is 2. The molecule has 2 aromatic rings. The molecular formula is C18H15F2N3O4. The maximum atomic E-state index is 13.9. The highest BCUT2D eigenvalue weighted by Crippen LogP contribution is 2.30. The minimum atomic E-state index is -1.01. The van der Waals surface area contributed by atoms with E-state index in [0.29, 0.717) is 5.56 Å². The molecule has 0 spiro atoms. The maximum absolute atomic E-state index is 13.9. The molecule has 1 atom stereocenters. The summed E-state index contributed by atoms with van der Waals surface area (Å²) in [5, 5.41) is 13.3. The molecule has 140 valence electrons. The molecule has 0 bridgehead atoms. The average molecular weight is 375 g/mol. The number of nitro benzene ring substituents is 1. The third-order valence-electron chi connectivity index (χ3n) is 4.32. The Hall–Kier alpha value is -3.36. The van der Waals surface area contributed by atoms with Crippen molar-refractivity contribution in [3.8, 4) is 0 Å². The van der Waals surface area contributed by atoms with Crippen LogP contribution in [0, 0.1) is 34.6 Å². The molecule has 27 heavy (non-hydrogen) atoms. The van der Waals surface area contributed by atoms with Gasteiger partial charge in [0.15, 0.2) is 0 Å². The van der Waals surface area contributed by atoms with Crippen LogP contribution in [0.1, 0.15) is 12.0 Å². The molecule has 1 aliphatic rings. The number of nitrogens with one attached hydrogen (secondary N) is 1. The molecule has 2 amide bonds. The molecule has 1 saturated heterocycles. The van der Waals surface area contributed by atoms with Crippen LogP contribution in [0.3, 0.4) is 0 Å². The Labute approximate surface area is 152 Å². The monoisotopic (exact) mass is 375 g/mol. The van der Waals surface area contributed by atoms with Crippen molar-refractivity contribution in [2.75, 3.05) is 16.8 Å². The minimum Gasteiger partial charge on any atom is -0.323 e. The first-order valence-corrected chi connectivity index (χ1v) is 8.07. The SMILES string of the molecule is Cc1ccc(NC(=O)C2CC(=O)N(c3ccc(F)c([N+](=O)[O-])c3)C2)c(F)c1. The van der Waals surface area contributed by atoms with Gasteiger partial charge in [0.25, 0.3) is 0 Å². The number of carbonyl (C=O) groups is 2. The van der Waals surface area contributed by atoms with Crippen molar-refractivity contribution in [3.05, 3.63) is 63.7 Å². The van der Waals surface area contributed by atoms with Gasteiger partial charge >= 0.3 is 5.69 Å². The Balaban J connectivity index is 1.76. The van der Waals surface area contributed by atoms with Crippen LogP contribution in [0.2, 0.25) is 0 Å². The molecule has 1 N–H and O–H groups in total. The standard InChI is InChI=1S/C18H15F2N3O4/c1-10-2-5-15(14(20)6-10)21-18(25)11-7-17(24)22(9-11)12-3-4-13(19)16(8-12)23(26)27/h2-6,8,11H,7,9H2,1H3,(H,21,25). The van der Waals surface area contributed by atoms with E-state index in [1.165, 1.54) is 23.1 Å². The van der Waals surface area contributed by atoms with Crippen LogP contribution in [-0.2, 0) is 9.59 Å². The van der Waals surface area contributed by atoms with Crippen molar-refractivity contribution in [3.63, 3.8) is 0 Å². The molecular weight excluding hydrogens is 360 g/mol. The first kappa shape index (κ1) is 18.4. The zero-order valence-electron chi connectivity index (χ0n) is 14.2. The van der Waals surface area contributed by atoms with E-state index in [9.17, 15) is 28.5 Å². The lowest BCUT2D eigenvalue weighted by molar-refractivity contribution is -0.387. The number of halogens is 2. The quantitative estimate of drug-likeness (QED) is 0.656. The normalized spacial score (nSPS) is 16.5. The van der Waals surface area contributed by atoms with E-state index in [4.69, 9.17) is 0 Å². The van der Waals surface area contributed by atoms with Crippen LogP contribution in [-0.4, -0.2) is 23.3 Å². The zero-order chi connectivity index (χ0) is 19.7. The molecule has 7 nitrogen and oxygen atoms in total. The number of hydrogen-bond acceptors (Lipinski definition) is 4. The van der Waals surface area contributed by atoms with Gasteiger partial charge < -0.3 is 10.2 Å². The Morgan fingerprint density at radius 2 is 1.96 bits per heavy atom. The molecule has 1 fully saturated rings. The van der Waals surface area contributed by atoms with Gasteiger partial charge in [0.05, 0.1) is 22.2 Å². The molecule has 0 saturated carbocycles. The number of benzene rings is 2. The van der Waals surface area contributed by atoms with Crippen molar-refractivity contribution >= 4 is 28.9 Å². The first-order valence-electron chi connectivity index (χ1n) is 8.07. The second kappa shape index (κ2) is 7.10. The Bertz CT molecular complexity index is 948. The fourth-order valence-electron chi connectivity index (χ4n) is 2.90. The Morgan fingerprint density at radius 3 is 2.63 bits per heavy atom. The number of nitro groups is 1. The van der Waals surface area contributed by atoms with Crippen LogP contribution in [0.15, 0.2) is 36.4 Å². The highest BCUT2D eigenvalue weighted by atomic mass is 19.1. The summed E-state index contributed by atoms with van der Waals surface area (Å²) < 4.78 is 27.4. The molecule has 0 aromatic heterocycles. The molecule has 2 aromatic carbocycles. The van der Waals surface area contributed by atoms with Crippen LogP contribution < -0.4 is 10.2 Å². The summed E-state index contributed by atoms with van der Waals surface area (Å²) in [7, 11) is 0. The largest absolute Gasteiger partial charge is 0.323 e. The highest BCUT2D eigenvalue weighted by Gasteiger charge is 2.36. The van der Waals surface area contributed by atoms with E-state index in [-0.39, 0.29) is 24.3 Å². The Morgan fingerprint density at radius 1 is 1.22 bits per heavy atom. The second-order valence-electron chi connectivity index (χ2n) is 6.27. The van der Waals surface area contributed by atoms with Crippen molar-refractivity contribution in [1.29, 1.82) is 0 Å². The van der Waals surface area contributed by atoms with Crippen molar-refractivity contribution < 1.29 is 23.3 Å². The predicted octanol–water partition coefficient (Wildman–Crippen LogP) is 3.17. The fourth-order valence-corrected chi connectivity index (χ4v) is 2.90. The van der Waals surface area contributed by atoms with Gasteiger partial charge in [-0.15, -0.1) is 0 Å². The van der Waals surface area contributed by atoms with E-state index in [0.717, 1.165) is 12.1 Å². The zero-order valence-corrected chi connectivity index (χ0v) is 14.2. The number of amides is 2. The highest BCUT2D eigenvalue weighted by molar-refractivity contribution is 6.03. The lowest BCUT2D eigenvalue weighted by Gasteiger charge is -2.17. The average Bonchev–Trinajstić information content (AvgIpc) is 2.99. The number of carbonyl (C=O) groups excluding carboxylic acids is 2. The number of hydrogen-bond donors (Lipinski definition) is 1. The molecule has 3 rings (SSSR count). The van der Waals surface area contributed by atoms with Gasteiger partial charge in [0, 0.05) is 19.0 Å². The summed E-state index contributed by atoms with van der Waals surface area (Å²) in [6.45, 7) is 1.67. The van der Waals surface area contributed by atoms with Crippen molar-refractivity contribution in [1.82, 2.24) is 0 Å². The molecule has 0 aliphatic carbocycles. The van der Waals surface area contributed by atoms with Crippen LogP contribution in [0.4, 0.5) is 25.8 Å². The summed E-state index contributed by atoms with van der Waals surface area (Å²) in [5.41, 5.74) is 0.0828. The van der Waals surface area contributed by atoms with E-state index in [1.54, 1.807) is 13.0 Å². The molecule has 1 heterocycles. The predicted molar refractivity (Wildman–Crippen MR) is 93.3 cm³/mol. The van der Waals surface area contributed by atoms with Crippen molar-refractivity contribution in [2.24, 2.45) is 5.92 Å². The van der Waals surface area contributed by atoms with Crippen LogP contribution in [0.25, 0.3) is 0 Å². The maximum Gasteiger partial charge on any atom is 0.306 e. The van der Waals surface area contributed by atoms with Gasteiger partial charge in [-0.2, -0.15) is 4.39 Å². The summed E-state index contributed by atoms with van der Waals surface area (Å²) in [5.74, 6) is -3.33. The number of aryl methyl sites for hydroxylation is 1. The van der Waals surface area contributed by atoms with E-state index in [2.05, 4.69) is 5.32 Å². The Kier molecular flexibility index (Phi) is 4.85. The smallest absolute Gasteiger partial charge is 0.306 e. The van der Waals surface area contributed by atoms with E-state index < -0.39 is 40.0 Å². The first-order chi connectivity index (χ1) is 12.8.